The Labute approximate surface area is 158 Å². The van der Waals surface area contributed by atoms with Crippen LogP contribution in [0.5, 0.6) is 17.2 Å². The molecule has 0 aliphatic heterocycles. The highest BCUT2D eigenvalue weighted by molar-refractivity contribution is 5.95. The van der Waals surface area contributed by atoms with Gasteiger partial charge in [0.05, 0.1) is 27.9 Å². The van der Waals surface area contributed by atoms with Gasteiger partial charge in [0.1, 0.15) is 11.3 Å². The summed E-state index contributed by atoms with van der Waals surface area (Å²) in [5, 5.41) is 2.61. The Kier molecular flexibility index (Phi) is 8.91. The van der Waals surface area contributed by atoms with Crippen molar-refractivity contribution in [2.24, 2.45) is 0 Å². The standard InChI is InChI=1S/C18H26N2O7/c1-6-19-16(21)10-20(7-2)17(22)11-27-18(23)12-8-14(25-4)15(26-5)9-13(12)24-3/h8-9H,6-7,10-11H2,1-5H3,(H,19,21). The van der Waals surface area contributed by atoms with Crippen LogP contribution in [0.25, 0.3) is 0 Å². The molecule has 9 heteroatoms. The largest absolute Gasteiger partial charge is 0.496 e. The average molecular weight is 382 g/mol. The van der Waals surface area contributed by atoms with Gasteiger partial charge in [-0.1, -0.05) is 0 Å². The van der Waals surface area contributed by atoms with E-state index >= 15 is 0 Å². The summed E-state index contributed by atoms with van der Waals surface area (Å²) in [5.74, 6) is -0.573. The molecule has 0 heterocycles. The van der Waals surface area contributed by atoms with Gasteiger partial charge in [-0.2, -0.15) is 0 Å². The van der Waals surface area contributed by atoms with Crippen molar-refractivity contribution in [3.05, 3.63) is 17.7 Å². The molecule has 0 unspecified atom stereocenters. The van der Waals surface area contributed by atoms with Crippen molar-refractivity contribution < 1.29 is 33.3 Å². The van der Waals surface area contributed by atoms with Crippen molar-refractivity contribution in [1.82, 2.24) is 10.2 Å². The highest BCUT2D eigenvalue weighted by atomic mass is 16.5. The Morgan fingerprint density at radius 2 is 1.56 bits per heavy atom. The third kappa shape index (κ3) is 6.05. The smallest absolute Gasteiger partial charge is 0.342 e. The van der Waals surface area contributed by atoms with E-state index in [9.17, 15) is 14.4 Å². The minimum absolute atomic E-state index is 0.0923. The van der Waals surface area contributed by atoms with Gasteiger partial charge in [-0.25, -0.2) is 4.79 Å². The molecule has 1 rings (SSSR count). The number of nitrogens with zero attached hydrogens (tertiary/aromatic N) is 1. The average Bonchev–Trinajstić information content (AvgIpc) is 2.68. The fourth-order valence-electron chi connectivity index (χ4n) is 2.29. The highest BCUT2D eigenvalue weighted by Gasteiger charge is 2.22. The molecule has 1 aromatic carbocycles. The fourth-order valence-corrected chi connectivity index (χ4v) is 2.29. The second-order valence-corrected chi connectivity index (χ2v) is 5.35. The molecule has 0 saturated carbocycles. The summed E-state index contributed by atoms with van der Waals surface area (Å²) in [6, 6.07) is 2.90. The van der Waals surface area contributed by atoms with E-state index in [2.05, 4.69) is 5.32 Å². The number of amides is 2. The van der Waals surface area contributed by atoms with Crippen LogP contribution in [-0.4, -0.2) is 70.3 Å². The second-order valence-electron chi connectivity index (χ2n) is 5.35. The topological polar surface area (TPSA) is 103 Å². The van der Waals surface area contributed by atoms with Crippen LogP contribution >= 0.6 is 0 Å². The van der Waals surface area contributed by atoms with Crippen LogP contribution in [0.2, 0.25) is 0 Å². The van der Waals surface area contributed by atoms with Crippen molar-refractivity contribution in [2.75, 3.05) is 47.6 Å². The third-order valence-corrected chi connectivity index (χ3v) is 3.70. The first-order valence-electron chi connectivity index (χ1n) is 8.43. The van der Waals surface area contributed by atoms with Gasteiger partial charge in [-0.05, 0) is 13.8 Å². The van der Waals surface area contributed by atoms with Crippen LogP contribution in [0, 0.1) is 0 Å². The van der Waals surface area contributed by atoms with E-state index in [1.165, 1.54) is 38.4 Å². The van der Waals surface area contributed by atoms with Gasteiger partial charge >= 0.3 is 5.97 Å². The Balaban J connectivity index is 2.83. The number of ether oxygens (including phenoxy) is 4. The van der Waals surface area contributed by atoms with Gasteiger partial charge < -0.3 is 29.2 Å². The van der Waals surface area contributed by atoms with Crippen molar-refractivity contribution in [2.45, 2.75) is 13.8 Å². The number of hydrogen-bond acceptors (Lipinski definition) is 7. The Morgan fingerprint density at radius 3 is 2.07 bits per heavy atom. The molecule has 0 saturated heterocycles. The van der Waals surface area contributed by atoms with Gasteiger partial charge in [0.2, 0.25) is 5.91 Å². The Hall–Kier alpha value is -2.97. The van der Waals surface area contributed by atoms with E-state index in [1.807, 2.05) is 0 Å². The number of carbonyl (C=O) groups excluding carboxylic acids is 3. The lowest BCUT2D eigenvalue weighted by Gasteiger charge is -2.20. The molecule has 1 aromatic rings. The van der Waals surface area contributed by atoms with E-state index < -0.39 is 18.5 Å². The molecule has 150 valence electrons. The molecule has 0 fully saturated rings. The molecule has 0 atom stereocenters. The molecule has 0 aliphatic carbocycles. The Morgan fingerprint density at radius 1 is 0.963 bits per heavy atom. The first kappa shape index (κ1) is 22.1. The predicted octanol–water partition coefficient (Wildman–Crippen LogP) is 0.854. The summed E-state index contributed by atoms with van der Waals surface area (Å²) < 4.78 is 20.6. The number of benzene rings is 1. The zero-order chi connectivity index (χ0) is 20.4. The zero-order valence-corrected chi connectivity index (χ0v) is 16.3. The summed E-state index contributed by atoms with van der Waals surface area (Å²) in [5.41, 5.74) is 0.0923. The molecular weight excluding hydrogens is 356 g/mol. The number of hydrogen-bond donors (Lipinski definition) is 1. The molecule has 0 aromatic heterocycles. The minimum atomic E-state index is -0.754. The number of carbonyl (C=O) groups is 3. The maximum absolute atomic E-state index is 12.4. The van der Waals surface area contributed by atoms with E-state index in [1.54, 1.807) is 13.8 Å². The second kappa shape index (κ2) is 10.9. The fraction of sp³-hybridized carbons (Fsp3) is 0.500. The molecule has 1 N–H and O–H groups in total. The molecule has 0 radical (unpaired) electrons. The third-order valence-electron chi connectivity index (χ3n) is 3.70. The molecule has 0 spiro atoms. The molecule has 2 amide bonds. The van der Waals surface area contributed by atoms with Crippen LogP contribution in [0.15, 0.2) is 12.1 Å². The van der Waals surface area contributed by atoms with Crippen molar-refractivity contribution in [3.63, 3.8) is 0 Å². The molecule has 27 heavy (non-hydrogen) atoms. The van der Waals surface area contributed by atoms with Gasteiger partial charge in [0.25, 0.3) is 5.91 Å². The van der Waals surface area contributed by atoms with Gasteiger partial charge in [0, 0.05) is 25.2 Å². The minimum Gasteiger partial charge on any atom is -0.496 e. The number of methoxy groups -OCH3 is 3. The number of nitrogens with one attached hydrogen (secondary N) is 1. The predicted molar refractivity (Wildman–Crippen MR) is 97.3 cm³/mol. The normalized spacial score (nSPS) is 9.96. The lowest BCUT2D eigenvalue weighted by Crippen LogP contribution is -2.42. The maximum Gasteiger partial charge on any atom is 0.342 e. The molecule has 9 nitrogen and oxygen atoms in total. The van der Waals surface area contributed by atoms with E-state index in [0.717, 1.165) is 0 Å². The first-order valence-corrected chi connectivity index (χ1v) is 8.43. The number of likely N-dealkylation sites (N-methyl/N-ethyl adjacent to an activating group) is 2. The summed E-state index contributed by atoms with van der Waals surface area (Å²) in [4.78, 5) is 37.5. The van der Waals surface area contributed by atoms with Crippen LogP contribution in [0.4, 0.5) is 0 Å². The van der Waals surface area contributed by atoms with Crippen LogP contribution in [0.1, 0.15) is 24.2 Å². The van der Waals surface area contributed by atoms with Gasteiger partial charge in [0.15, 0.2) is 18.1 Å². The number of rotatable bonds is 10. The van der Waals surface area contributed by atoms with Crippen molar-refractivity contribution in [1.29, 1.82) is 0 Å². The van der Waals surface area contributed by atoms with Gasteiger partial charge in [-0.15, -0.1) is 0 Å². The summed E-state index contributed by atoms with van der Waals surface area (Å²) in [6.45, 7) is 3.71. The monoisotopic (exact) mass is 382 g/mol. The number of esters is 1. The van der Waals surface area contributed by atoms with Crippen LogP contribution < -0.4 is 19.5 Å². The molecule has 0 aliphatic rings. The summed E-state index contributed by atoms with van der Waals surface area (Å²) >= 11 is 0. The Bertz CT molecular complexity index is 676. The maximum atomic E-state index is 12.4. The lowest BCUT2D eigenvalue weighted by molar-refractivity contribution is -0.138. The first-order chi connectivity index (χ1) is 12.9. The summed E-state index contributed by atoms with van der Waals surface area (Å²) in [7, 11) is 4.29. The van der Waals surface area contributed by atoms with Gasteiger partial charge in [-0.3, -0.25) is 9.59 Å². The van der Waals surface area contributed by atoms with E-state index in [4.69, 9.17) is 18.9 Å². The van der Waals surface area contributed by atoms with Crippen molar-refractivity contribution >= 4 is 17.8 Å². The highest BCUT2D eigenvalue weighted by Crippen LogP contribution is 2.34. The van der Waals surface area contributed by atoms with Crippen molar-refractivity contribution in [3.8, 4) is 17.2 Å². The zero-order valence-electron chi connectivity index (χ0n) is 16.3. The molecule has 0 bridgehead atoms. The van der Waals surface area contributed by atoms with Crippen LogP contribution in [0.3, 0.4) is 0 Å². The van der Waals surface area contributed by atoms with Crippen LogP contribution in [-0.2, 0) is 14.3 Å². The van der Waals surface area contributed by atoms with E-state index in [-0.39, 0.29) is 23.8 Å². The lowest BCUT2D eigenvalue weighted by atomic mass is 10.1. The van der Waals surface area contributed by atoms with E-state index in [0.29, 0.717) is 24.6 Å². The quantitative estimate of drug-likeness (QED) is 0.599. The summed E-state index contributed by atoms with van der Waals surface area (Å²) in [6.07, 6.45) is 0. The SMILES string of the molecule is CCNC(=O)CN(CC)C(=O)COC(=O)c1cc(OC)c(OC)cc1OC. The molecular formula is C18H26N2O7.